The Balaban J connectivity index is 1.59. The molecule has 5 nitrogen and oxygen atoms in total. The van der Waals surface area contributed by atoms with E-state index in [9.17, 15) is 8.78 Å². The normalized spacial score (nSPS) is 11.0. The molecule has 0 fully saturated rings. The summed E-state index contributed by atoms with van der Waals surface area (Å²) in [6.45, 7) is 3.82. The van der Waals surface area contributed by atoms with Crippen molar-refractivity contribution in [3.05, 3.63) is 82.5 Å². The van der Waals surface area contributed by atoms with E-state index < -0.39 is 11.8 Å². The number of hydrogen-bond acceptors (Lipinski definition) is 4. The van der Waals surface area contributed by atoms with Crippen molar-refractivity contribution in [3.63, 3.8) is 0 Å². The van der Waals surface area contributed by atoms with Crippen LogP contribution in [0.1, 0.15) is 23.7 Å². The lowest BCUT2D eigenvalue weighted by Gasteiger charge is -2.11. The van der Waals surface area contributed by atoms with E-state index in [1.807, 2.05) is 19.1 Å². The lowest BCUT2D eigenvalue weighted by atomic mass is 10.0. The minimum atomic E-state index is -0.564. The third-order valence-electron chi connectivity index (χ3n) is 4.80. The van der Waals surface area contributed by atoms with Crippen LogP contribution in [0.2, 0.25) is 5.15 Å². The van der Waals surface area contributed by atoms with Gasteiger partial charge in [-0.3, -0.25) is 4.98 Å². The van der Waals surface area contributed by atoms with Gasteiger partial charge >= 0.3 is 0 Å². The van der Waals surface area contributed by atoms with Gasteiger partial charge in [-0.2, -0.15) is 4.39 Å². The van der Waals surface area contributed by atoms with Crippen LogP contribution in [-0.2, 0) is 13.0 Å². The Kier molecular flexibility index (Phi) is 5.95. The average molecular weight is 441 g/mol. The second-order valence-corrected chi connectivity index (χ2v) is 7.40. The minimum absolute atomic E-state index is 0.0273. The van der Waals surface area contributed by atoms with E-state index in [4.69, 9.17) is 16.3 Å². The molecule has 0 amide bonds. The average Bonchev–Trinajstić information content (AvgIpc) is 3.14. The smallest absolute Gasteiger partial charge is 0.212 e. The van der Waals surface area contributed by atoms with Crippen LogP contribution in [0.15, 0.2) is 48.8 Å². The van der Waals surface area contributed by atoms with Crippen LogP contribution in [0, 0.1) is 18.7 Å². The molecule has 158 valence electrons. The monoisotopic (exact) mass is 440 g/mol. The number of aromatic amines is 1. The molecule has 3 heterocycles. The van der Waals surface area contributed by atoms with E-state index in [0.29, 0.717) is 34.4 Å². The first-order valence-corrected chi connectivity index (χ1v) is 10.1. The van der Waals surface area contributed by atoms with Gasteiger partial charge in [0.15, 0.2) is 0 Å². The maximum Gasteiger partial charge on any atom is 0.212 e. The van der Waals surface area contributed by atoms with Crippen molar-refractivity contribution < 1.29 is 13.5 Å². The van der Waals surface area contributed by atoms with Crippen molar-refractivity contribution in [2.45, 2.75) is 26.9 Å². The summed E-state index contributed by atoms with van der Waals surface area (Å²) < 4.78 is 32.8. The SMILES string of the molecule is CCc1cc(OCc2ncc(C)cc2F)ccc1-c1nc(-c2ccc(F)nc2)[nH]c1Cl. The van der Waals surface area contributed by atoms with Crippen molar-refractivity contribution >= 4 is 11.6 Å². The molecule has 31 heavy (non-hydrogen) atoms. The Labute approximate surface area is 183 Å². The fourth-order valence-corrected chi connectivity index (χ4v) is 3.42. The molecule has 0 atom stereocenters. The number of nitrogens with one attached hydrogen (secondary N) is 1. The number of nitrogens with zero attached hydrogens (tertiary/aromatic N) is 3. The second kappa shape index (κ2) is 8.81. The molecule has 0 radical (unpaired) electrons. The van der Waals surface area contributed by atoms with Gasteiger partial charge in [-0.25, -0.2) is 14.4 Å². The lowest BCUT2D eigenvalue weighted by Crippen LogP contribution is -2.02. The van der Waals surface area contributed by atoms with Crippen molar-refractivity contribution in [3.8, 4) is 28.4 Å². The number of aryl methyl sites for hydroxylation is 2. The van der Waals surface area contributed by atoms with E-state index in [0.717, 1.165) is 16.7 Å². The molecule has 0 bridgehead atoms. The molecule has 0 spiro atoms. The van der Waals surface area contributed by atoms with E-state index in [1.54, 1.807) is 25.3 Å². The Morgan fingerprint density at radius 3 is 2.61 bits per heavy atom. The van der Waals surface area contributed by atoms with Crippen LogP contribution >= 0.6 is 11.6 Å². The highest BCUT2D eigenvalue weighted by molar-refractivity contribution is 6.32. The summed E-state index contributed by atoms with van der Waals surface area (Å²) in [6.07, 6.45) is 3.71. The van der Waals surface area contributed by atoms with E-state index in [1.165, 1.54) is 18.3 Å². The van der Waals surface area contributed by atoms with Gasteiger partial charge in [-0.1, -0.05) is 18.5 Å². The van der Waals surface area contributed by atoms with Gasteiger partial charge in [0.1, 0.15) is 40.5 Å². The topological polar surface area (TPSA) is 63.7 Å². The molecule has 0 unspecified atom stereocenters. The summed E-state index contributed by atoms with van der Waals surface area (Å²) in [6, 6.07) is 9.80. The number of aromatic nitrogens is 4. The van der Waals surface area contributed by atoms with Crippen LogP contribution in [0.3, 0.4) is 0 Å². The predicted molar refractivity (Wildman–Crippen MR) is 115 cm³/mol. The molecular formula is C23H19ClF2N4O. The van der Waals surface area contributed by atoms with Gasteiger partial charge in [0.25, 0.3) is 0 Å². The maximum absolute atomic E-state index is 14.0. The van der Waals surface area contributed by atoms with Crippen molar-refractivity contribution in [1.82, 2.24) is 19.9 Å². The molecule has 1 N–H and O–H groups in total. The first-order valence-electron chi connectivity index (χ1n) is 9.69. The highest BCUT2D eigenvalue weighted by atomic mass is 35.5. The number of hydrogen-bond donors (Lipinski definition) is 1. The number of ether oxygens (including phenoxy) is 1. The molecule has 0 saturated carbocycles. The third kappa shape index (κ3) is 4.56. The van der Waals surface area contributed by atoms with Gasteiger partial charge < -0.3 is 9.72 Å². The van der Waals surface area contributed by atoms with Crippen LogP contribution in [-0.4, -0.2) is 19.9 Å². The van der Waals surface area contributed by atoms with Gasteiger partial charge in [0.2, 0.25) is 5.95 Å². The molecular weight excluding hydrogens is 422 g/mol. The van der Waals surface area contributed by atoms with Crippen LogP contribution < -0.4 is 4.74 Å². The fraction of sp³-hybridized carbons (Fsp3) is 0.174. The molecule has 0 aliphatic carbocycles. The van der Waals surface area contributed by atoms with Gasteiger partial charge in [-0.15, -0.1) is 0 Å². The highest BCUT2D eigenvalue weighted by Crippen LogP contribution is 2.33. The fourth-order valence-electron chi connectivity index (χ4n) is 3.19. The van der Waals surface area contributed by atoms with Crippen LogP contribution in [0.5, 0.6) is 5.75 Å². The summed E-state index contributed by atoms with van der Waals surface area (Å²) in [7, 11) is 0. The molecule has 4 rings (SSSR count). The zero-order valence-electron chi connectivity index (χ0n) is 16.9. The van der Waals surface area contributed by atoms with Gasteiger partial charge in [0.05, 0.1) is 0 Å². The van der Waals surface area contributed by atoms with Gasteiger partial charge in [-0.05, 0) is 60.9 Å². The first-order chi connectivity index (χ1) is 14.9. The Morgan fingerprint density at radius 1 is 1.06 bits per heavy atom. The molecule has 3 aromatic heterocycles. The van der Waals surface area contributed by atoms with E-state index in [-0.39, 0.29) is 12.3 Å². The minimum Gasteiger partial charge on any atom is -0.487 e. The zero-order valence-corrected chi connectivity index (χ0v) is 17.7. The largest absolute Gasteiger partial charge is 0.487 e. The number of imidazole rings is 1. The predicted octanol–water partition coefficient (Wildman–Crippen LogP) is 5.92. The Hall–Kier alpha value is -3.32. The third-order valence-corrected chi connectivity index (χ3v) is 5.08. The quantitative estimate of drug-likeness (QED) is 0.378. The van der Waals surface area contributed by atoms with Gasteiger partial charge in [0, 0.05) is 23.5 Å². The van der Waals surface area contributed by atoms with Crippen LogP contribution in [0.4, 0.5) is 8.78 Å². The zero-order chi connectivity index (χ0) is 22.0. The molecule has 8 heteroatoms. The van der Waals surface area contributed by atoms with Crippen LogP contribution in [0.25, 0.3) is 22.6 Å². The summed E-state index contributed by atoms with van der Waals surface area (Å²) >= 11 is 6.41. The maximum atomic E-state index is 14.0. The first kappa shape index (κ1) is 20.9. The standard InChI is InChI=1S/C23H19ClF2N4O/c1-3-14-9-16(31-12-19-18(25)8-13(2)10-27-19)5-6-17(14)21-22(24)30-23(29-21)15-4-7-20(26)28-11-15/h4-11H,3,12H2,1-2H3,(H,29,30). The number of rotatable bonds is 6. The number of pyridine rings is 2. The number of halogens is 3. The number of benzene rings is 1. The summed E-state index contributed by atoms with van der Waals surface area (Å²) in [5.41, 5.74) is 4.02. The van der Waals surface area contributed by atoms with Crippen molar-refractivity contribution in [1.29, 1.82) is 0 Å². The summed E-state index contributed by atoms with van der Waals surface area (Å²) in [4.78, 5) is 15.3. The molecule has 1 aromatic carbocycles. The molecule has 0 aliphatic rings. The Bertz CT molecular complexity index is 1220. The lowest BCUT2D eigenvalue weighted by molar-refractivity contribution is 0.294. The number of H-pyrrole nitrogens is 1. The summed E-state index contributed by atoms with van der Waals surface area (Å²) in [5, 5.41) is 0.369. The van der Waals surface area contributed by atoms with Crippen molar-refractivity contribution in [2.75, 3.05) is 0 Å². The molecule has 0 aliphatic heterocycles. The summed E-state index contributed by atoms with van der Waals surface area (Å²) in [5.74, 6) is 0.137. The highest BCUT2D eigenvalue weighted by Gasteiger charge is 2.16. The molecule has 0 saturated heterocycles. The van der Waals surface area contributed by atoms with Crippen molar-refractivity contribution in [2.24, 2.45) is 0 Å². The van der Waals surface area contributed by atoms with E-state index in [2.05, 4.69) is 19.9 Å². The Morgan fingerprint density at radius 2 is 1.90 bits per heavy atom. The second-order valence-electron chi connectivity index (χ2n) is 7.02. The molecule has 4 aromatic rings. The van der Waals surface area contributed by atoms with E-state index >= 15 is 0 Å².